The largest absolute Gasteiger partial charge is 0.310 e. The lowest BCUT2D eigenvalue weighted by Crippen LogP contribution is -2.52. The van der Waals surface area contributed by atoms with Gasteiger partial charge in [-0.2, -0.15) is 0 Å². The van der Waals surface area contributed by atoms with Gasteiger partial charge in [-0.1, -0.05) is 6.08 Å². The first kappa shape index (κ1) is 12.1. The fourth-order valence-electron chi connectivity index (χ4n) is 2.97. The van der Waals surface area contributed by atoms with Crippen LogP contribution in [0.3, 0.4) is 0 Å². The third-order valence-corrected chi connectivity index (χ3v) is 4.29. The molecule has 0 spiro atoms. The average molecular weight is 222 g/mol. The maximum atomic E-state index is 3.86. The van der Waals surface area contributed by atoms with Crippen LogP contribution in [0.2, 0.25) is 0 Å². The third-order valence-electron chi connectivity index (χ3n) is 4.29. The van der Waals surface area contributed by atoms with Crippen LogP contribution in [0.4, 0.5) is 0 Å². The minimum absolute atomic E-state index is 0.367. The van der Waals surface area contributed by atoms with Crippen molar-refractivity contribution in [3.8, 4) is 0 Å². The van der Waals surface area contributed by atoms with Gasteiger partial charge in [-0.3, -0.25) is 4.90 Å². The van der Waals surface area contributed by atoms with Gasteiger partial charge in [0.2, 0.25) is 0 Å². The predicted molar refractivity (Wildman–Crippen MR) is 69.6 cm³/mol. The lowest BCUT2D eigenvalue weighted by molar-refractivity contribution is 0.160. The summed E-state index contributed by atoms with van der Waals surface area (Å²) in [6, 6.07) is 0.649. The van der Waals surface area contributed by atoms with Gasteiger partial charge in [0, 0.05) is 18.1 Å². The van der Waals surface area contributed by atoms with Crippen molar-refractivity contribution in [1.82, 2.24) is 10.2 Å². The Labute approximate surface area is 100 Å². The van der Waals surface area contributed by atoms with E-state index in [0.717, 1.165) is 12.3 Å². The molecule has 2 nitrogen and oxygen atoms in total. The Morgan fingerprint density at radius 1 is 1.56 bits per heavy atom. The van der Waals surface area contributed by atoms with E-state index >= 15 is 0 Å². The molecule has 92 valence electrons. The van der Waals surface area contributed by atoms with E-state index in [9.17, 15) is 0 Å². The van der Waals surface area contributed by atoms with Gasteiger partial charge >= 0.3 is 0 Å². The summed E-state index contributed by atoms with van der Waals surface area (Å²) < 4.78 is 0. The van der Waals surface area contributed by atoms with Gasteiger partial charge in [0.25, 0.3) is 0 Å². The molecule has 1 saturated heterocycles. The second-order valence-corrected chi connectivity index (χ2v) is 5.82. The van der Waals surface area contributed by atoms with Crippen molar-refractivity contribution in [2.75, 3.05) is 19.6 Å². The Morgan fingerprint density at radius 3 is 2.94 bits per heavy atom. The van der Waals surface area contributed by atoms with Crippen molar-refractivity contribution in [3.05, 3.63) is 12.7 Å². The molecule has 0 radical (unpaired) electrons. The number of hydrogen-bond donors (Lipinski definition) is 1. The fraction of sp³-hybridized carbons (Fsp3) is 0.857. The lowest BCUT2D eigenvalue weighted by Gasteiger charge is -2.36. The van der Waals surface area contributed by atoms with Gasteiger partial charge in [-0.05, 0) is 58.5 Å². The van der Waals surface area contributed by atoms with E-state index in [0.29, 0.717) is 11.6 Å². The van der Waals surface area contributed by atoms with Crippen LogP contribution in [0, 0.1) is 5.92 Å². The molecule has 1 saturated carbocycles. The molecular weight excluding hydrogens is 196 g/mol. The summed E-state index contributed by atoms with van der Waals surface area (Å²) in [4.78, 5) is 2.65. The van der Waals surface area contributed by atoms with Crippen LogP contribution in [0.5, 0.6) is 0 Å². The molecule has 1 aliphatic heterocycles. The number of rotatable bonds is 4. The molecule has 2 heteroatoms. The van der Waals surface area contributed by atoms with Crippen molar-refractivity contribution in [2.45, 2.75) is 51.1 Å². The van der Waals surface area contributed by atoms with Crippen LogP contribution >= 0.6 is 0 Å². The molecule has 2 fully saturated rings. The minimum atomic E-state index is 0.367. The van der Waals surface area contributed by atoms with E-state index in [1.165, 1.54) is 38.9 Å². The maximum Gasteiger partial charge on any atom is 0.0308 e. The van der Waals surface area contributed by atoms with Gasteiger partial charge in [-0.15, -0.1) is 6.58 Å². The van der Waals surface area contributed by atoms with Gasteiger partial charge < -0.3 is 5.32 Å². The Kier molecular flexibility index (Phi) is 3.70. The zero-order valence-corrected chi connectivity index (χ0v) is 10.8. The standard InChI is InChI=1S/C14H26N2/c1-4-6-12(2)16-10-5-9-15-14(3,11-16)13-7-8-13/h4,12-13,15H,1,5-11H2,2-3H3. The van der Waals surface area contributed by atoms with E-state index < -0.39 is 0 Å². The molecule has 0 bridgehead atoms. The van der Waals surface area contributed by atoms with Crippen LogP contribution in [0.1, 0.15) is 39.5 Å². The number of nitrogens with one attached hydrogen (secondary N) is 1. The number of hydrogen-bond acceptors (Lipinski definition) is 2. The highest BCUT2D eigenvalue weighted by molar-refractivity contribution is 5.01. The minimum Gasteiger partial charge on any atom is -0.310 e. The van der Waals surface area contributed by atoms with Crippen molar-refractivity contribution >= 4 is 0 Å². The van der Waals surface area contributed by atoms with Gasteiger partial charge in [-0.25, -0.2) is 0 Å². The third kappa shape index (κ3) is 2.67. The normalized spacial score (nSPS) is 34.4. The Bertz CT molecular complexity index is 247. The summed E-state index contributed by atoms with van der Waals surface area (Å²) in [5, 5.41) is 3.78. The second kappa shape index (κ2) is 4.89. The molecular formula is C14H26N2. The lowest BCUT2D eigenvalue weighted by atomic mass is 9.94. The summed E-state index contributed by atoms with van der Waals surface area (Å²) in [5.74, 6) is 0.920. The molecule has 0 aromatic rings. The van der Waals surface area contributed by atoms with E-state index in [4.69, 9.17) is 0 Å². The maximum absolute atomic E-state index is 3.86. The highest BCUT2D eigenvalue weighted by atomic mass is 15.2. The van der Waals surface area contributed by atoms with Crippen LogP contribution in [0.15, 0.2) is 12.7 Å². The first-order valence-corrected chi connectivity index (χ1v) is 6.76. The average Bonchev–Trinajstić information content (AvgIpc) is 3.03. The van der Waals surface area contributed by atoms with Gasteiger partial charge in [0.1, 0.15) is 0 Å². The topological polar surface area (TPSA) is 15.3 Å². The SMILES string of the molecule is C=CCC(C)N1CCCNC(C)(C2CC2)C1. The Hall–Kier alpha value is -0.340. The summed E-state index contributed by atoms with van der Waals surface area (Å²) in [5.41, 5.74) is 0.367. The quantitative estimate of drug-likeness (QED) is 0.735. The Balaban J connectivity index is 1.99. The first-order valence-electron chi connectivity index (χ1n) is 6.76. The predicted octanol–water partition coefficient (Wildman–Crippen LogP) is 2.42. The van der Waals surface area contributed by atoms with Crippen molar-refractivity contribution in [1.29, 1.82) is 0 Å². The van der Waals surface area contributed by atoms with Crippen molar-refractivity contribution < 1.29 is 0 Å². The summed E-state index contributed by atoms with van der Waals surface area (Å²) in [7, 11) is 0. The molecule has 0 aromatic carbocycles. The molecule has 2 aliphatic rings. The van der Waals surface area contributed by atoms with Gasteiger partial charge in [0.05, 0.1) is 0 Å². The second-order valence-electron chi connectivity index (χ2n) is 5.82. The highest BCUT2D eigenvalue weighted by Gasteiger charge is 2.43. The zero-order valence-electron chi connectivity index (χ0n) is 10.8. The first-order chi connectivity index (χ1) is 7.65. The fourth-order valence-corrected chi connectivity index (χ4v) is 2.97. The molecule has 16 heavy (non-hydrogen) atoms. The highest BCUT2D eigenvalue weighted by Crippen LogP contribution is 2.40. The molecule has 1 heterocycles. The Morgan fingerprint density at radius 2 is 2.31 bits per heavy atom. The molecule has 2 atom stereocenters. The van der Waals surface area contributed by atoms with E-state index in [2.05, 4.69) is 36.7 Å². The van der Waals surface area contributed by atoms with Crippen LogP contribution in [-0.2, 0) is 0 Å². The molecule has 0 aromatic heterocycles. The summed E-state index contributed by atoms with van der Waals surface area (Å²) in [6.07, 6.45) is 7.29. The molecule has 2 unspecified atom stereocenters. The molecule has 0 amide bonds. The van der Waals surface area contributed by atoms with Crippen molar-refractivity contribution in [3.63, 3.8) is 0 Å². The number of nitrogens with zero attached hydrogens (tertiary/aromatic N) is 1. The zero-order chi connectivity index (χ0) is 11.6. The molecule has 2 rings (SSSR count). The smallest absolute Gasteiger partial charge is 0.0308 e. The van der Waals surface area contributed by atoms with Crippen LogP contribution in [0.25, 0.3) is 0 Å². The van der Waals surface area contributed by atoms with Crippen LogP contribution < -0.4 is 5.32 Å². The summed E-state index contributed by atoms with van der Waals surface area (Å²) in [6.45, 7) is 12.3. The van der Waals surface area contributed by atoms with Crippen LogP contribution in [-0.4, -0.2) is 36.1 Å². The van der Waals surface area contributed by atoms with E-state index in [1.807, 2.05) is 0 Å². The van der Waals surface area contributed by atoms with E-state index in [-0.39, 0.29) is 0 Å². The van der Waals surface area contributed by atoms with E-state index in [1.54, 1.807) is 0 Å². The van der Waals surface area contributed by atoms with Crippen molar-refractivity contribution in [2.24, 2.45) is 5.92 Å². The van der Waals surface area contributed by atoms with Gasteiger partial charge in [0.15, 0.2) is 0 Å². The summed E-state index contributed by atoms with van der Waals surface area (Å²) >= 11 is 0. The monoisotopic (exact) mass is 222 g/mol. The molecule has 1 aliphatic carbocycles. The molecule has 1 N–H and O–H groups in total.